The van der Waals surface area contributed by atoms with E-state index in [1.165, 1.54) is 13.8 Å². The van der Waals surface area contributed by atoms with Crippen LogP contribution in [0.25, 0.3) is 0 Å². The molecule has 1 heterocycles. The van der Waals surface area contributed by atoms with E-state index in [4.69, 9.17) is 9.52 Å². The van der Waals surface area contributed by atoms with Gasteiger partial charge < -0.3 is 9.52 Å². The third-order valence-corrected chi connectivity index (χ3v) is 1.85. The van der Waals surface area contributed by atoms with Crippen molar-refractivity contribution >= 4 is 17.9 Å². The van der Waals surface area contributed by atoms with E-state index in [0.717, 1.165) is 0 Å². The molecule has 7 nitrogen and oxygen atoms in total. The molecule has 1 rings (SSSR count). The summed E-state index contributed by atoms with van der Waals surface area (Å²) in [7, 11) is 0. The van der Waals surface area contributed by atoms with E-state index in [1.807, 2.05) is 0 Å². The van der Waals surface area contributed by atoms with Gasteiger partial charge in [-0.05, 0) is 13.8 Å². The third kappa shape index (κ3) is 2.30. The summed E-state index contributed by atoms with van der Waals surface area (Å²) in [6.07, 6.45) is 0. The molecule has 0 aliphatic rings. The minimum atomic E-state index is -1.54. The molecule has 0 aliphatic carbocycles. The van der Waals surface area contributed by atoms with Crippen molar-refractivity contribution < 1.29 is 19.1 Å². The SMILES string of the molecule is Cc1nnc(NC(=O)C(C)(C)C(=O)O)o1. The summed E-state index contributed by atoms with van der Waals surface area (Å²) >= 11 is 0. The maximum absolute atomic E-state index is 11.5. The van der Waals surface area contributed by atoms with Gasteiger partial charge in [0.05, 0.1) is 0 Å². The molecular weight excluding hydrogens is 202 g/mol. The largest absolute Gasteiger partial charge is 0.480 e. The van der Waals surface area contributed by atoms with Crippen LogP contribution in [0.3, 0.4) is 0 Å². The first-order valence-corrected chi connectivity index (χ1v) is 4.19. The minimum absolute atomic E-state index is 0.105. The molecule has 15 heavy (non-hydrogen) atoms. The van der Waals surface area contributed by atoms with Crippen molar-refractivity contribution in [3.63, 3.8) is 0 Å². The third-order valence-electron chi connectivity index (χ3n) is 1.85. The van der Waals surface area contributed by atoms with E-state index in [0.29, 0.717) is 5.89 Å². The number of nitrogens with one attached hydrogen (secondary N) is 1. The van der Waals surface area contributed by atoms with Crippen molar-refractivity contribution in [3.05, 3.63) is 5.89 Å². The lowest BCUT2D eigenvalue weighted by atomic mass is 9.93. The van der Waals surface area contributed by atoms with E-state index in [-0.39, 0.29) is 6.01 Å². The van der Waals surface area contributed by atoms with Gasteiger partial charge in [0.15, 0.2) is 0 Å². The lowest BCUT2D eigenvalue weighted by Gasteiger charge is -2.16. The van der Waals surface area contributed by atoms with Crippen LogP contribution in [0.1, 0.15) is 19.7 Å². The quantitative estimate of drug-likeness (QED) is 0.705. The number of carbonyl (C=O) groups is 2. The Morgan fingerprint density at radius 3 is 2.40 bits per heavy atom. The molecule has 1 aromatic heterocycles. The van der Waals surface area contributed by atoms with Crippen LogP contribution in [0.15, 0.2) is 4.42 Å². The van der Waals surface area contributed by atoms with E-state index < -0.39 is 17.3 Å². The average molecular weight is 213 g/mol. The van der Waals surface area contributed by atoms with Crippen molar-refractivity contribution in [3.8, 4) is 0 Å². The monoisotopic (exact) mass is 213 g/mol. The fourth-order valence-electron chi connectivity index (χ4n) is 0.698. The lowest BCUT2D eigenvalue weighted by Crippen LogP contribution is -2.37. The fraction of sp³-hybridized carbons (Fsp3) is 0.500. The van der Waals surface area contributed by atoms with Crippen molar-refractivity contribution in [1.29, 1.82) is 0 Å². The first-order chi connectivity index (χ1) is 6.84. The van der Waals surface area contributed by atoms with Gasteiger partial charge in [-0.2, -0.15) is 0 Å². The number of amides is 1. The first-order valence-electron chi connectivity index (χ1n) is 4.19. The number of anilines is 1. The van der Waals surface area contributed by atoms with Crippen LogP contribution in [0.2, 0.25) is 0 Å². The molecule has 0 saturated heterocycles. The van der Waals surface area contributed by atoms with Crippen molar-refractivity contribution in [2.45, 2.75) is 20.8 Å². The second kappa shape index (κ2) is 3.68. The molecule has 82 valence electrons. The summed E-state index contributed by atoms with van der Waals surface area (Å²) in [4.78, 5) is 22.2. The van der Waals surface area contributed by atoms with Crippen LogP contribution in [-0.4, -0.2) is 27.2 Å². The van der Waals surface area contributed by atoms with Crippen molar-refractivity contribution in [1.82, 2.24) is 10.2 Å². The van der Waals surface area contributed by atoms with Gasteiger partial charge in [0, 0.05) is 6.92 Å². The number of rotatable bonds is 3. The van der Waals surface area contributed by atoms with Gasteiger partial charge in [0.25, 0.3) is 0 Å². The molecular formula is C8H11N3O4. The highest BCUT2D eigenvalue weighted by molar-refractivity contribution is 6.06. The van der Waals surface area contributed by atoms with Gasteiger partial charge in [0.2, 0.25) is 11.8 Å². The molecule has 0 unspecified atom stereocenters. The number of hydrogen-bond donors (Lipinski definition) is 2. The number of nitrogens with zero attached hydrogens (tertiary/aromatic N) is 2. The highest BCUT2D eigenvalue weighted by Gasteiger charge is 2.36. The van der Waals surface area contributed by atoms with Crippen molar-refractivity contribution in [2.75, 3.05) is 5.32 Å². The Bertz CT molecular complexity index is 396. The van der Waals surface area contributed by atoms with Crippen LogP contribution in [-0.2, 0) is 9.59 Å². The Balaban J connectivity index is 2.76. The van der Waals surface area contributed by atoms with Crippen LogP contribution < -0.4 is 5.32 Å². The van der Waals surface area contributed by atoms with E-state index in [1.54, 1.807) is 6.92 Å². The molecule has 0 saturated carbocycles. The average Bonchev–Trinajstić information content (AvgIpc) is 2.50. The molecule has 0 bridgehead atoms. The number of carboxylic acid groups (broad SMARTS) is 1. The normalized spacial score (nSPS) is 11.1. The second-order valence-corrected chi connectivity index (χ2v) is 3.51. The van der Waals surface area contributed by atoms with Gasteiger partial charge in [-0.1, -0.05) is 5.10 Å². The fourth-order valence-corrected chi connectivity index (χ4v) is 0.698. The summed E-state index contributed by atoms with van der Waals surface area (Å²) in [5, 5.41) is 18.0. The van der Waals surface area contributed by atoms with Crippen LogP contribution >= 0.6 is 0 Å². The molecule has 0 radical (unpaired) electrons. The van der Waals surface area contributed by atoms with E-state index in [9.17, 15) is 9.59 Å². The maximum atomic E-state index is 11.5. The van der Waals surface area contributed by atoms with Crippen molar-refractivity contribution in [2.24, 2.45) is 5.41 Å². The number of aromatic nitrogens is 2. The lowest BCUT2D eigenvalue weighted by molar-refractivity contribution is -0.151. The van der Waals surface area contributed by atoms with Gasteiger partial charge in [-0.3, -0.25) is 14.9 Å². The van der Waals surface area contributed by atoms with Gasteiger partial charge >= 0.3 is 12.0 Å². The standard InChI is InChI=1S/C8H11N3O4/c1-4-10-11-7(15-4)9-5(12)8(2,3)6(13)14/h1-3H3,(H,13,14)(H,9,11,12). The Morgan fingerprint density at radius 2 is 2.00 bits per heavy atom. The predicted molar refractivity (Wildman–Crippen MR) is 49.1 cm³/mol. The Labute approximate surface area is 85.5 Å². The zero-order valence-corrected chi connectivity index (χ0v) is 8.57. The molecule has 7 heteroatoms. The number of carbonyl (C=O) groups excluding carboxylic acids is 1. The molecule has 0 aromatic carbocycles. The Kier molecular flexibility index (Phi) is 2.74. The molecule has 0 atom stereocenters. The van der Waals surface area contributed by atoms with E-state index in [2.05, 4.69) is 15.5 Å². The molecule has 2 N–H and O–H groups in total. The van der Waals surface area contributed by atoms with E-state index >= 15 is 0 Å². The summed E-state index contributed by atoms with van der Waals surface area (Å²) < 4.78 is 4.88. The smallest absolute Gasteiger partial charge is 0.322 e. The molecule has 1 aromatic rings. The zero-order valence-electron chi connectivity index (χ0n) is 8.57. The van der Waals surface area contributed by atoms with Gasteiger partial charge in [-0.15, -0.1) is 5.10 Å². The molecule has 0 aliphatic heterocycles. The zero-order chi connectivity index (χ0) is 11.6. The van der Waals surface area contributed by atoms with Gasteiger partial charge in [-0.25, -0.2) is 0 Å². The summed E-state index contributed by atoms with van der Waals surface area (Å²) in [6, 6.07) is -0.105. The molecule has 0 spiro atoms. The topological polar surface area (TPSA) is 105 Å². The minimum Gasteiger partial charge on any atom is -0.480 e. The maximum Gasteiger partial charge on any atom is 0.322 e. The highest BCUT2D eigenvalue weighted by atomic mass is 16.4. The van der Waals surface area contributed by atoms with Crippen LogP contribution in [0.4, 0.5) is 6.01 Å². The molecule has 0 fully saturated rings. The molecule has 1 amide bonds. The summed E-state index contributed by atoms with van der Waals surface area (Å²) in [6.45, 7) is 4.13. The Hall–Kier alpha value is -1.92. The van der Waals surface area contributed by atoms with Crippen LogP contribution in [0.5, 0.6) is 0 Å². The number of carboxylic acids is 1. The highest BCUT2D eigenvalue weighted by Crippen LogP contribution is 2.18. The second-order valence-electron chi connectivity index (χ2n) is 3.51. The first kappa shape index (κ1) is 11.2. The van der Waals surface area contributed by atoms with Crippen LogP contribution in [0, 0.1) is 12.3 Å². The predicted octanol–water partition coefficient (Wildman–Crippen LogP) is 0.427. The Morgan fingerprint density at radius 1 is 1.40 bits per heavy atom. The number of aliphatic carboxylic acids is 1. The summed E-state index contributed by atoms with van der Waals surface area (Å²) in [5.41, 5.74) is -1.54. The summed E-state index contributed by atoms with van der Waals surface area (Å²) in [5.74, 6) is -1.65. The number of hydrogen-bond acceptors (Lipinski definition) is 5. The van der Waals surface area contributed by atoms with Gasteiger partial charge in [0.1, 0.15) is 5.41 Å². The number of aryl methyl sites for hydroxylation is 1.